The molecule has 2 N–H and O–H groups in total. The number of rotatable bonds is 4. The topological polar surface area (TPSA) is 61.3 Å². The fraction of sp³-hybridized carbons (Fsp3) is 0.444. The Morgan fingerprint density at radius 1 is 1.13 bits per heavy atom. The number of hydrogen-bond donors (Lipinski definition) is 2. The maximum absolute atomic E-state index is 9.72. The summed E-state index contributed by atoms with van der Waals surface area (Å²) in [6.45, 7) is 7.76. The van der Waals surface area contributed by atoms with Crippen LogP contribution in [0.15, 0.2) is 30.6 Å². The zero-order valence-corrected chi connectivity index (χ0v) is 14.0. The summed E-state index contributed by atoms with van der Waals surface area (Å²) < 4.78 is 0. The van der Waals surface area contributed by atoms with Crippen molar-refractivity contribution in [2.24, 2.45) is 0 Å². The third-order valence-electron chi connectivity index (χ3n) is 4.14. The van der Waals surface area contributed by atoms with Gasteiger partial charge in [0.2, 0.25) is 0 Å². The number of aliphatic hydroxyl groups is 1. The molecule has 0 fully saturated rings. The summed E-state index contributed by atoms with van der Waals surface area (Å²) in [5.74, 6) is 1.81. The molecule has 1 aliphatic heterocycles. The minimum atomic E-state index is -0.412. The lowest BCUT2D eigenvalue weighted by Crippen LogP contribution is -2.31. The second-order valence-electron chi connectivity index (χ2n) is 6.44. The summed E-state index contributed by atoms with van der Waals surface area (Å²) in [5.41, 5.74) is 3.62. The van der Waals surface area contributed by atoms with Crippen LogP contribution in [-0.2, 0) is 13.0 Å². The molecule has 0 saturated carbocycles. The van der Waals surface area contributed by atoms with Gasteiger partial charge >= 0.3 is 0 Å². The highest BCUT2D eigenvalue weighted by Crippen LogP contribution is 2.26. The van der Waals surface area contributed by atoms with E-state index < -0.39 is 6.10 Å². The van der Waals surface area contributed by atoms with Gasteiger partial charge in [-0.1, -0.05) is 18.2 Å². The lowest BCUT2D eigenvalue weighted by molar-refractivity contribution is 0.199. The Morgan fingerprint density at radius 3 is 2.70 bits per heavy atom. The molecular weight excluding hydrogens is 288 g/mol. The molecule has 23 heavy (non-hydrogen) atoms. The minimum absolute atomic E-state index is 0.346. The second kappa shape index (κ2) is 6.54. The molecule has 3 rings (SSSR count). The van der Waals surface area contributed by atoms with Gasteiger partial charge in [0, 0.05) is 25.2 Å². The van der Waals surface area contributed by atoms with E-state index in [4.69, 9.17) is 0 Å². The predicted molar refractivity (Wildman–Crippen MR) is 92.6 cm³/mol. The molecule has 5 heteroatoms. The van der Waals surface area contributed by atoms with Crippen molar-refractivity contribution in [1.82, 2.24) is 9.97 Å². The van der Waals surface area contributed by atoms with E-state index in [1.165, 1.54) is 11.1 Å². The Bertz CT molecular complexity index is 684. The summed E-state index contributed by atoms with van der Waals surface area (Å²) in [7, 11) is 0. The normalized spacial score (nSPS) is 15.4. The molecule has 1 aliphatic rings. The molecule has 0 saturated heterocycles. The van der Waals surface area contributed by atoms with E-state index in [1.807, 2.05) is 12.1 Å². The van der Waals surface area contributed by atoms with Crippen molar-refractivity contribution in [1.29, 1.82) is 0 Å². The van der Waals surface area contributed by atoms with Gasteiger partial charge in [0.15, 0.2) is 0 Å². The van der Waals surface area contributed by atoms with Gasteiger partial charge in [-0.25, -0.2) is 9.97 Å². The van der Waals surface area contributed by atoms with Crippen LogP contribution in [0.3, 0.4) is 0 Å². The zero-order valence-electron chi connectivity index (χ0n) is 14.0. The summed E-state index contributed by atoms with van der Waals surface area (Å²) in [4.78, 5) is 11.0. The van der Waals surface area contributed by atoms with Gasteiger partial charge < -0.3 is 15.3 Å². The number of hydrogen-bond acceptors (Lipinski definition) is 5. The molecular formula is C18H24N4O. The van der Waals surface area contributed by atoms with E-state index in [9.17, 15) is 5.11 Å². The van der Waals surface area contributed by atoms with Crippen LogP contribution >= 0.6 is 0 Å². The number of nitrogens with one attached hydrogen (secondary N) is 1. The van der Waals surface area contributed by atoms with Crippen molar-refractivity contribution in [3.8, 4) is 0 Å². The number of aliphatic hydroxyl groups excluding tert-OH is 1. The van der Waals surface area contributed by atoms with Gasteiger partial charge in [0.1, 0.15) is 18.0 Å². The maximum atomic E-state index is 9.72. The lowest BCUT2D eigenvalue weighted by atomic mass is 9.96. The van der Waals surface area contributed by atoms with Crippen molar-refractivity contribution in [3.05, 3.63) is 47.3 Å². The average Bonchev–Trinajstić information content (AvgIpc) is 2.53. The molecule has 122 valence electrons. The fourth-order valence-corrected chi connectivity index (χ4v) is 2.92. The number of benzene rings is 1. The number of fused-ring (bicyclic) bond motifs is 1. The highest BCUT2D eigenvalue weighted by Gasteiger charge is 2.19. The number of aromatic nitrogens is 2. The van der Waals surface area contributed by atoms with Crippen molar-refractivity contribution in [3.63, 3.8) is 0 Å². The van der Waals surface area contributed by atoms with Crippen LogP contribution in [0.1, 0.15) is 43.6 Å². The molecule has 0 unspecified atom stereocenters. The first kappa shape index (κ1) is 15.7. The van der Waals surface area contributed by atoms with Gasteiger partial charge in [-0.2, -0.15) is 0 Å². The highest BCUT2D eigenvalue weighted by atomic mass is 16.3. The van der Waals surface area contributed by atoms with E-state index in [1.54, 1.807) is 13.3 Å². The molecule has 1 aromatic carbocycles. The fourth-order valence-electron chi connectivity index (χ4n) is 2.92. The van der Waals surface area contributed by atoms with Crippen LogP contribution in [0.25, 0.3) is 0 Å². The number of anilines is 2. The van der Waals surface area contributed by atoms with E-state index >= 15 is 0 Å². The van der Waals surface area contributed by atoms with Gasteiger partial charge in [-0.15, -0.1) is 0 Å². The first-order chi connectivity index (χ1) is 11.0. The van der Waals surface area contributed by atoms with Crippen LogP contribution in [0, 0.1) is 0 Å². The quantitative estimate of drug-likeness (QED) is 0.909. The first-order valence-corrected chi connectivity index (χ1v) is 8.16. The molecule has 0 bridgehead atoms. The van der Waals surface area contributed by atoms with Crippen molar-refractivity contribution in [2.75, 3.05) is 16.8 Å². The Kier molecular flexibility index (Phi) is 4.48. The van der Waals surface area contributed by atoms with Crippen molar-refractivity contribution < 1.29 is 5.11 Å². The molecule has 1 atom stereocenters. The van der Waals surface area contributed by atoms with Crippen molar-refractivity contribution in [2.45, 2.75) is 45.9 Å². The van der Waals surface area contributed by atoms with Crippen LogP contribution in [0.5, 0.6) is 0 Å². The molecule has 5 nitrogen and oxygen atoms in total. The molecule has 1 aromatic heterocycles. The predicted octanol–water partition coefficient (Wildman–Crippen LogP) is 2.91. The summed E-state index contributed by atoms with van der Waals surface area (Å²) in [6, 6.07) is 8.62. The van der Waals surface area contributed by atoms with Gasteiger partial charge in [0.25, 0.3) is 0 Å². The molecule has 0 aliphatic carbocycles. The first-order valence-electron chi connectivity index (χ1n) is 8.16. The van der Waals surface area contributed by atoms with Crippen LogP contribution in [0.2, 0.25) is 0 Å². The van der Waals surface area contributed by atoms with Crippen LogP contribution < -0.4 is 10.2 Å². The smallest absolute Gasteiger partial charge is 0.134 e. The van der Waals surface area contributed by atoms with Crippen LogP contribution in [-0.4, -0.2) is 27.7 Å². The maximum Gasteiger partial charge on any atom is 0.134 e. The highest BCUT2D eigenvalue weighted by molar-refractivity contribution is 5.51. The van der Waals surface area contributed by atoms with Gasteiger partial charge in [0.05, 0.1) is 6.10 Å². The van der Waals surface area contributed by atoms with Gasteiger partial charge in [-0.05, 0) is 43.9 Å². The number of nitrogens with zero attached hydrogens (tertiary/aromatic N) is 3. The Balaban J connectivity index is 1.79. The van der Waals surface area contributed by atoms with E-state index in [0.29, 0.717) is 6.04 Å². The Morgan fingerprint density at radius 2 is 1.96 bits per heavy atom. The minimum Gasteiger partial charge on any atom is -0.389 e. The third-order valence-corrected chi connectivity index (χ3v) is 4.14. The van der Waals surface area contributed by atoms with E-state index in [0.717, 1.165) is 36.7 Å². The second-order valence-corrected chi connectivity index (χ2v) is 6.44. The summed E-state index contributed by atoms with van der Waals surface area (Å²) in [6.07, 6.45) is 2.17. The summed E-state index contributed by atoms with van der Waals surface area (Å²) in [5, 5.41) is 13.0. The van der Waals surface area contributed by atoms with Gasteiger partial charge in [-0.3, -0.25) is 0 Å². The monoisotopic (exact) mass is 312 g/mol. The van der Waals surface area contributed by atoms with E-state index in [2.05, 4.69) is 46.2 Å². The standard InChI is InChI=1S/C18H24N4O/c1-12(2)21-17-9-18(20-11-19-17)22-7-6-15-8-14(13(3)23)4-5-16(15)10-22/h4-5,8-9,11-13,23H,6-7,10H2,1-3H3,(H,19,20,21)/t13-/m1/s1. The molecule has 2 heterocycles. The third kappa shape index (κ3) is 3.62. The molecule has 0 amide bonds. The van der Waals surface area contributed by atoms with Crippen molar-refractivity contribution >= 4 is 11.6 Å². The molecule has 0 spiro atoms. The SMILES string of the molecule is CC(C)Nc1cc(N2CCc3cc([C@@H](C)O)ccc3C2)ncn1. The molecule has 0 radical (unpaired) electrons. The average molecular weight is 312 g/mol. The molecule has 2 aromatic rings. The zero-order chi connectivity index (χ0) is 16.4. The summed E-state index contributed by atoms with van der Waals surface area (Å²) >= 11 is 0. The van der Waals surface area contributed by atoms with E-state index in [-0.39, 0.29) is 0 Å². The Labute approximate surface area is 137 Å². The largest absolute Gasteiger partial charge is 0.389 e. The lowest BCUT2D eigenvalue weighted by Gasteiger charge is -2.30. The Hall–Kier alpha value is -2.14. The van der Waals surface area contributed by atoms with Crippen LogP contribution in [0.4, 0.5) is 11.6 Å².